The number of aromatic nitrogens is 3. The molecule has 0 aliphatic heterocycles. The lowest BCUT2D eigenvalue weighted by Gasteiger charge is -2.14. The van der Waals surface area contributed by atoms with Gasteiger partial charge in [-0.15, -0.1) is 0 Å². The number of fused-ring (bicyclic) bond motifs is 1. The number of anilines is 1. The number of hydrogen-bond acceptors (Lipinski definition) is 5. The van der Waals surface area contributed by atoms with Gasteiger partial charge in [0.1, 0.15) is 17.0 Å². The van der Waals surface area contributed by atoms with Crippen LogP contribution in [0.15, 0.2) is 65.5 Å². The Morgan fingerprint density at radius 2 is 1.58 bits per heavy atom. The number of benzene rings is 2. The summed E-state index contributed by atoms with van der Waals surface area (Å²) in [4.78, 5) is 33.3. The summed E-state index contributed by atoms with van der Waals surface area (Å²) in [5, 5.41) is 2.89. The molecule has 0 spiro atoms. The van der Waals surface area contributed by atoms with E-state index in [1.165, 1.54) is 24.3 Å². The van der Waals surface area contributed by atoms with Crippen molar-refractivity contribution >= 4 is 22.9 Å². The molecule has 38 heavy (non-hydrogen) atoms. The Hall–Kier alpha value is -4.42. The Balaban J connectivity index is 1.71. The van der Waals surface area contributed by atoms with Crippen molar-refractivity contribution in [3.8, 4) is 11.3 Å². The average molecular weight is 535 g/mol. The van der Waals surface area contributed by atoms with Gasteiger partial charge >= 0.3 is 12.4 Å². The van der Waals surface area contributed by atoms with Crippen LogP contribution in [0.4, 0.5) is 32.2 Å². The van der Waals surface area contributed by atoms with E-state index in [1.807, 2.05) is 0 Å². The zero-order chi connectivity index (χ0) is 27.7. The summed E-state index contributed by atoms with van der Waals surface area (Å²) >= 11 is 0. The number of nitrogens with two attached hydrogens (primary N) is 1. The topological polar surface area (TPSA) is 103 Å². The van der Waals surface area contributed by atoms with Gasteiger partial charge in [-0.25, -0.2) is 9.97 Å². The number of pyridine rings is 1. The van der Waals surface area contributed by atoms with Gasteiger partial charge in [0, 0.05) is 25.1 Å². The molecule has 198 valence electrons. The van der Waals surface area contributed by atoms with Gasteiger partial charge in [0.2, 0.25) is 5.91 Å². The second-order valence-corrected chi connectivity index (χ2v) is 8.30. The van der Waals surface area contributed by atoms with Gasteiger partial charge in [-0.05, 0) is 42.0 Å². The van der Waals surface area contributed by atoms with E-state index in [0.717, 1.165) is 41.0 Å². The van der Waals surface area contributed by atoms with Crippen molar-refractivity contribution < 1.29 is 31.1 Å². The molecule has 0 bridgehead atoms. The third kappa shape index (κ3) is 5.93. The fraction of sp³-hybridized carbons (Fsp3) is 0.200. The van der Waals surface area contributed by atoms with E-state index in [1.54, 1.807) is 0 Å². The summed E-state index contributed by atoms with van der Waals surface area (Å²) in [7, 11) is 0. The second kappa shape index (κ2) is 10.1. The molecule has 0 fully saturated rings. The van der Waals surface area contributed by atoms with Crippen LogP contribution < -0.4 is 16.6 Å². The molecule has 4 rings (SSSR count). The number of rotatable bonds is 7. The molecule has 0 saturated carbocycles. The van der Waals surface area contributed by atoms with Crippen LogP contribution in [0.2, 0.25) is 0 Å². The summed E-state index contributed by atoms with van der Waals surface area (Å²) in [5.74, 6) is -0.483. The van der Waals surface area contributed by atoms with Crippen molar-refractivity contribution in [1.29, 1.82) is 0 Å². The molecule has 0 aliphatic rings. The molecule has 2 aromatic heterocycles. The SMILES string of the molecule is NC(=O)CCn1c(=O)c(-c2ccc(C(F)(F)F)cc2)nc2ccc(NCc3cccc(C(F)(F)F)c3)nc21. The Bertz CT molecular complexity index is 1550. The minimum Gasteiger partial charge on any atom is -0.370 e. The number of alkyl halides is 6. The second-order valence-electron chi connectivity index (χ2n) is 8.30. The summed E-state index contributed by atoms with van der Waals surface area (Å²) in [5.41, 5.74) is 3.41. The predicted molar refractivity (Wildman–Crippen MR) is 127 cm³/mol. The summed E-state index contributed by atoms with van der Waals surface area (Å²) in [6, 6.07) is 11.6. The number of nitrogens with zero attached hydrogens (tertiary/aromatic N) is 3. The Labute approximate surface area is 210 Å². The van der Waals surface area contributed by atoms with Crippen molar-refractivity contribution in [1.82, 2.24) is 14.5 Å². The van der Waals surface area contributed by atoms with Crippen molar-refractivity contribution in [3.05, 3.63) is 87.7 Å². The lowest BCUT2D eigenvalue weighted by molar-refractivity contribution is -0.138. The molecule has 0 radical (unpaired) electrons. The number of primary amides is 1. The maximum Gasteiger partial charge on any atom is 0.416 e. The van der Waals surface area contributed by atoms with Crippen molar-refractivity contribution in [2.24, 2.45) is 5.73 Å². The highest BCUT2D eigenvalue weighted by atomic mass is 19.4. The van der Waals surface area contributed by atoms with E-state index >= 15 is 0 Å². The van der Waals surface area contributed by atoms with E-state index in [4.69, 9.17) is 5.73 Å². The molecule has 2 heterocycles. The standard InChI is InChI=1S/C25H19F6N5O2/c26-24(27,28)16-6-4-15(5-7-16)21-23(38)36(11-10-19(32)37)22-18(34-21)8-9-20(35-22)33-13-14-2-1-3-17(12-14)25(29,30)31/h1-9,12H,10-11,13H2,(H2,32,37)(H,33,35). The predicted octanol–water partition coefficient (Wildman–Crippen LogP) is 4.98. The highest BCUT2D eigenvalue weighted by Gasteiger charge is 2.31. The summed E-state index contributed by atoms with van der Waals surface area (Å²) in [6.45, 7) is -0.185. The molecule has 0 atom stereocenters. The van der Waals surface area contributed by atoms with Crippen LogP contribution in [0.1, 0.15) is 23.1 Å². The lowest BCUT2D eigenvalue weighted by atomic mass is 10.1. The number of carbonyl (C=O) groups excluding carboxylic acids is 1. The van der Waals surface area contributed by atoms with Crippen LogP contribution in [0.25, 0.3) is 22.4 Å². The van der Waals surface area contributed by atoms with E-state index in [0.29, 0.717) is 5.56 Å². The summed E-state index contributed by atoms with van der Waals surface area (Å²) in [6.07, 6.45) is -9.28. The highest BCUT2D eigenvalue weighted by Crippen LogP contribution is 2.31. The average Bonchev–Trinajstić information content (AvgIpc) is 2.85. The first-order valence-electron chi connectivity index (χ1n) is 11.1. The Morgan fingerprint density at radius 1 is 0.895 bits per heavy atom. The van der Waals surface area contributed by atoms with Crippen LogP contribution in [0.5, 0.6) is 0 Å². The molecular weight excluding hydrogens is 516 g/mol. The summed E-state index contributed by atoms with van der Waals surface area (Å²) < 4.78 is 78.9. The quantitative estimate of drug-likeness (QED) is 0.325. The van der Waals surface area contributed by atoms with Crippen LogP contribution >= 0.6 is 0 Å². The molecule has 1 amide bonds. The number of carbonyl (C=O) groups is 1. The van der Waals surface area contributed by atoms with Crippen LogP contribution in [0.3, 0.4) is 0 Å². The normalized spacial score (nSPS) is 12.1. The van der Waals surface area contributed by atoms with Crippen molar-refractivity contribution in [3.63, 3.8) is 0 Å². The number of halogens is 6. The lowest BCUT2D eigenvalue weighted by Crippen LogP contribution is -2.27. The van der Waals surface area contributed by atoms with Crippen LogP contribution in [0, 0.1) is 0 Å². The first-order valence-corrected chi connectivity index (χ1v) is 11.1. The zero-order valence-corrected chi connectivity index (χ0v) is 19.4. The van der Waals surface area contributed by atoms with Gasteiger partial charge in [-0.1, -0.05) is 24.3 Å². The van der Waals surface area contributed by atoms with E-state index < -0.39 is 34.9 Å². The third-order valence-corrected chi connectivity index (χ3v) is 5.59. The Morgan fingerprint density at radius 3 is 2.21 bits per heavy atom. The van der Waals surface area contributed by atoms with E-state index in [-0.39, 0.29) is 47.7 Å². The van der Waals surface area contributed by atoms with E-state index in [9.17, 15) is 35.9 Å². The van der Waals surface area contributed by atoms with Gasteiger partial charge in [0.15, 0.2) is 5.65 Å². The minimum atomic E-state index is -4.56. The maximum atomic E-state index is 13.3. The van der Waals surface area contributed by atoms with Crippen molar-refractivity contribution in [2.45, 2.75) is 31.9 Å². The largest absolute Gasteiger partial charge is 0.416 e. The number of aryl methyl sites for hydroxylation is 1. The fourth-order valence-electron chi connectivity index (χ4n) is 3.70. The smallest absolute Gasteiger partial charge is 0.370 e. The first kappa shape index (κ1) is 26.6. The van der Waals surface area contributed by atoms with Gasteiger partial charge in [-0.2, -0.15) is 26.3 Å². The maximum absolute atomic E-state index is 13.3. The van der Waals surface area contributed by atoms with Crippen LogP contribution in [-0.4, -0.2) is 20.4 Å². The molecule has 3 N–H and O–H groups in total. The molecule has 4 aromatic rings. The molecular formula is C25H19F6N5O2. The molecule has 0 unspecified atom stereocenters. The molecule has 7 nitrogen and oxygen atoms in total. The van der Waals surface area contributed by atoms with Gasteiger partial charge < -0.3 is 11.1 Å². The number of amides is 1. The van der Waals surface area contributed by atoms with Gasteiger partial charge in [-0.3, -0.25) is 14.2 Å². The van der Waals surface area contributed by atoms with Gasteiger partial charge in [0.25, 0.3) is 5.56 Å². The molecule has 0 saturated heterocycles. The molecule has 2 aromatic carbocycles. The third-order valence-electron chi connectivity index (χ3n) is 5.59. The van der Waals surface area contributed by atoms with Crippen molar-refractivity contribution in [2.75, 3.05) is 5.32 Å². The van der Waals surface area contributed by atoms with Crippen LogP contribution in [-0.2, 0) is 30.2 Å². The zero-order valence-electron chi connectivity index (χ0n) is 19.4. The Kier molecular flexibility index (Phi) is 7.11. The molecule has 13 heteroatoms. The number of hydrogen-bond donors (Lipinski definition) is 2. The monoisotopic (exact) mass is 535 g/mol. The highest BCUT2D eigenvalue weighted by molar-refractivity contribution is 5.77. The van der Waals surface area contributed by atoms with E-state index in [2.05, 4.69) is 15.3 Å². The molecule has 0 aliphatic carbocycles. The fourth-order valence-corrected chi connectivity index (χ4v) is 3.70. The van der Waals surface area contributed by atoms with Gasteiger partial charge in [0.05, 0.1) is 11.1 Å². The minimum absolute atomic E-state index is 0.00892. The number of nitrogens with one attached hydrogen (secondary N) is 1. The first-order chi connectivity index (χ1) is 17.8.